The molecule has 2 amide bonds. The van der Waals surface area contributed by atoms with Gasteiger partial charge in [0.2, 0.25) is 0 Å². The monoisotopic (exact) mass is 398 g/mol. The number of benzene rings is 2. The molecule has 146 valence electrons. The summed E-state index contributed by atoms with van der Waals surface area (Å²) in [6.07, 6.45) is 3.33. The summed E-state index contributed by atoms with van der Waals surface area (Å²) in [4.78, 5) is 11.9. The van der Waals surface area contributed by atoms with Gasteiger partial charge in [-0.25, -0.2) is 13.2 Å². The van der Waals surface area contributed by atoms with E-state index in [1.807, 2.05) is 31.2 Å². The first-order chi connectivity index (χ1) is 13.4. The zero-order chi connectivity index (χ0) is 20.0. The zero-order valence-electron chi connectivity index (χ0n) is 15.5. The molecule has 0 aliphatic heterocycles. The van der Waals surface area contributed by atoms with Crippen LogP contribution in [0, 0.1) is 6.92 Å². The van der Waals surface area contributed by atoms with Gasteiger partial charge < -0.3 is 10.6 Å². The van der Waals surface area contributed by atoms with Crippen LogP contribution in [0.15, 0.2) is 60.9 Å². The number of aryl methyl sites for hydroxylation is 1. The summed E-state index contributed by atoms with van der Waals surface area (Å²) in [7, 11) is -3.28. The van der Waals surface area contributed by atoms with E-state index >= 15 is 0 Å². The number of nitrogens with one attached hydrogen (secondary N) is 3. The number of carbonyl (C=O) groups excluding carboxylic acids is 1. The first kappa shape index (κ1) is 19.6. The smallest absolute Gasteiger partial charge is 0.319 e. The molecule has 8 heteroatoms. The molecule has 0 saturated carbocycles. The lowest BCUT2D eigenvalue weighted by molar-refractivity contribution is 0.251. The Morgan fingerprint density at radius 3 is 2.14 bits per heavy atom. The van der Waals surface area contributed by atoms with Gasteiger partial charge in [0.05, 0.1) is 17.7 Å². The Labute approximate surface area is 164 Å². The Kier molecular flexibility index (Phi) is 6.10. The van der Waals surface area contributed by atoms with Crippen LogP contribution in [0.2, 0.25) is 0 Å². The summed E-state index contributed by atoms with van der Waals surface area (Å²) in [6.45, 7) is 2.32. The molecule has 3 rings (SSSR count). The molecule has 7 nitrogen and oxygen atoms in total. The van der Waals surface area contributed by atoms with Crippen molar-refractivity contribution in [1.29, 1.82) is 0 Å². The minimum Gasteiger partial charge on any atom is -0.334 e. The number of hydrogen-bond acceptors (Lipinski definition) is 4. The van der Waals surface area contributed by atoms with E-state index in [2.05, 4.69) is 20.8 Å². The molecule has 1 aromatic heterocycles. The fourth-order valence-electron chi connectivity index (χ4n) is 2.66. The average molecular weight is 398 g/mol. The van der Waals surface area contributed by atoms with Gasteiger partial charge in [-0.1, -0.05) is 42.0 Å². The normalized spacial score (nSPS) is 11.2. The number of carbonyl (C=O) groups is 1. The van der Waals surface area contributed by atoms with Crippen molar-refractivity contribution in [3.63, 3.8) is 0 Å². The van der Waals surface area contributed by atoms with Crippen LogP contribution < -0.4 is 10.6 Å². The van der Waals surface area contributed by atoms with Crippen molar-refractivity contribution >= 4 is 21.6 Å². The number of aromatic amines is 1. The molecule has 0 bridgehead atoms. The molecule has 28 heavy (non-hydrogen) atoms. The summed E-state index contributed by atoms with van der Waals surface area (Å²) < 4.78 is 24.9. The number of H-pyrrole nitrogens is 1. The van der Waals surface area contributed by atoms with Crippen molar-refractivity contribution < 1.29 is 13.2 Å². The molecular formula is C20H22N4O3S. The predicted octanol–water partition coefficient (Wildman–Crippen LogP) is 3.15. The number of anilines is 1. The van der Waals surface area contributed by atoms with Crippen LogP contribution in [-0.2, 0) is 27.9 Å². The van der Waals surface area contributed by atoms with E-state index in [1.54, 1.807) is 36.7 Å². The Morgan fingerprint density at radius 2 is 1.57 bits per heavy atom. The lowest BCUT2D eigenvalue weighted by atomic mass is 10.2. The van der Waals surface area contributed by atoms with Gasteiger partial charge in [0.1, 0.15) is 0 Å². The van der Waals surface area contributed by atoms with Crippen molar-refractivity contribution in [1.82, 2.24) is 15.5 Å². The second-order valence-electron chi connectivity index (χ2n) is 6.63. The molecule has 3 aromatic rings. The highest BCUT2D eigenvalue weighted by atomic mass is 32.2. The van der Waals surface area contributed by atoms with E-state index in [0.717, 1.165) is 16.7 Å². The minimum absolute atomic E-state index is 0.00367. The molecule has 0 aliphatic carbocycles. The van der Waals surface area contributed by atoms with Crippen molar-refractivity contribution in [3.05, 3.63) is 83.2 Å². The van der Waals surface area contributed by atoms with Crippen molar-refractivity contribution in [2.75, 3.05) is 5.32 Å². The molecular weight excluding hydrogens is 376 g/mol. The third kappa shape index (κ3) is 5.95. The van der Waals surface area contributed by atoms with Crippen molar-refractivity contribution in [3.8, 4) is 0 Å². The molecule has 0 radical (unpaired) electrons. The largest absolute Gasteiger partial charge is 0.334 e. The van der Waals surface area contributed by atoms with E-state index in [1.165, 1.54) is 0 Å². The third-order valence-electron chi connectivity index (χ3n) is 4.11. The van der Waals surface area contributed by atoms with Gasteiger partial charge >= 0.3 is 6.03 Å². The van der Waals surface area contributed by atoms with Gasteiger partial charge in [0.15, 0.2) is 9.84 Å². The maximum Gasteiger partial charge on any atom is 0.319 e. The molecule has 0 unspecified atom stereocenters. The van der Waals surface area contributed by atoms with Crippen LogP contribution in [0.3, 0.4) is 0 Å². The second kappa shape index (κ2) is 8.71. The van der Waals surface area contributed by atoms with Crippen LogP contribution in [0.5, 0.6) is 0 Å². The highest BCUT2D eigenvalue weighted by Gasteiger charge is 2.13. The number of urea groups is 1. The van der Waals surface area contributed by atoms with Gasteiger partial charge in [0.25, 0.3) is 0 Å². The molecule has 0 fully saturated rings. The van der Waals surface area contributed by atoms with E-state index in [9.17, 15) is 13.2 Å². The molecule has 0 saturated heterocycles. The van der Waals surface area contributed by atoms with E-state index in [-0.39, 0.29) is 17.5 Å². The third-order valence-corrected chi connectivity index (χ3v) is 5.66. The first-order valence-electron chi connectivity index (χ1n) is 8.77. The topological polar surface area (TPSA) is 104 Å². The van der Waals surface area contributed by atoms with E-state index in [4.69, 9.17) is 0 Å². The molecule has 0 aliphatic rings. The highest BCUT2D eigenvalue weighted by Crippen LogP contribution is 2.16. The zero-order valence-corrected chi connectivity index (χ0v) is 16.3. The van der Waals surface area contributed by atoms with Crippen LogP contribution in [0.1, 0.15) is 22.3 Å². The maximum absolute atomic E-state index is 12.4. The van der Waals surface area contributed by atoms with Gasteiger partial charge in [-0.3, -0.25) is 5.10 Å². The number of hydrogen-bond donors (Lipinski definition) is 3. The Balaban J connectivity index is 1.53. The van der Waals surface area contributed by atoms with Gasteiger partial charge in [-0.2, -0.15) is 5.10 Å². The highest BCUT2D eigenvalue weighted by molar-refractivity contribution is 7.89. The Hall–Kier alpha value is -3.13. The standard InChI is InChI=1S/C20H22N4O3S/c1-15-2-4-16(5-3-15)13-28(26,27)14-17-6-8-19(9-7-17)24-20(25)21-10-18-11-22-23-12-18/h2-9,11-12H,10,13-14H2,1H3,(H,22,23)(H2,21,24,25). The Bertz CT molecular complexity index is 1010. The van der Waals surface area contributed by atoms with E-state index < -0.39 is 9.84 Å². The van der Waals surface area contributed by atoms with Gasteiger partial charge in [-0.05, 0) is 30.2 Å². The Morgan fingerprint density at radius 1 is 0.964 bits per heavy atom. The summed E-state index contributed by atoms with van der Waals surface area (Å²) >= 11 is 0. The average Bonchev–Trinajstić information content (AvgIpc) is 3.17. The first-order valence-corrected chi connectivity index (χ1v) is 10.6. The molecule has 1 heterocycles. The van der Waals surface area contributed by atoms with Crippen molar-refractivity contribution in [2.24, 2.45) is 0 Å². The second-order valence-corrected chi connectivity index (χ2v) is 8.69. The van der Waals surface area contributed by atoms with Crippen molar-refractivity contribution in [2.45, 2.75) is 25.0 Å². The predicted molar refractivity (Wildman–Crippen MR) is 108 cm³/mol. The SMILES string of the molecule is Cc1ccc(CS(=O)(=O)Cc2ccc(NC(=O)NCc3cn[nH]c3)cc2)cc1. The summed E-state index contributed by atoms with van der Waals surface area (Å²) in [5, 5.41) is 11.9. The summed E-state index contributed by atoms with van der Waals surface area (Å²) in [5.41, 5.74) is 4.00. The number of amides is 2. The van der Waals surface area contributed by atoms with Gasteiger partial charge in [0, 0.05) is 24.0 Å². The number of sulfone groups is 1. The van der Waals surface area contributed by atoms with Gasteiger partial charge in [-0.15, -0.1) is 0 Å². The summed E-state index contributed by atoms with van der Waals surface area (Å²) in [5.74, 6) is -0.0441. The quantitative estimate of drug-likeness (QED) is 0.569. The molecule has 2 aromatic carbocycles. The fourth-order valence-corrected chi connectivity index (χ4v) is 4.16. The van der Waals surface area contributed by atoms with Crippen LogP contribution in [-0.4, -0.2) is 24.6 Å². The number of rotatable bonds is 7. The molecule has 3 N–H and O–H groups in total. The van der Waals surface area contributed by atoms with Crippen LogP contribution >= 0.6 is 0 Å². The maximum atomic E-state index is 12.4. The lowest BCUT2D eigenvalue weighted by Gasteiger charge is -2.09. The summed E-state index contributed by atoms with van der Waals surface area (Å²) in [6, 6.07) is 13.9. The molecule has 0 atom stereocenters. The molecule has 0 spiro atoms. The van der Waals surface area contributed by atoms with Crippen LogP contribution in [0.4, 0.5) is 10.5 Å². The lowest BCUT2D eigenvalue weighted by Crippen LogP contribution is -2.28. The fraction of sp³-hybridized carbons (Fsp3) is 0.200. The van der Waals surface area contributed by atoms with E-state index in [0.29, 0.717) is 17.8 Å². The number of nitrogens with zero attached hydrogens (tertiary/aromatic N) is 1. The van der Waals surface area contributed by atoms with Crippen LogP contribution in [0.25, 0.3) is 0 Å². The minimum atomic E-state index is -3.28. The number of aromatic nitrogens is 2.